The van der Waals surface area contributed by atoms with Gasteiger partial charge in [-0.25, -0.2) is 18.4 Å². The molecule has 162 valence electrons. The Morgan fingerprint density at radius 3 is 2.55 bits per heavy atom. The molecular formula is C25H19N5O2S. The lowest BCUT2D eigenvalue weighted by Gasteiger charge is -2.08. The van der Waals surface area contributed by atoms with E-state index < -0.39 is 9.84 Å². The average Bonchev–Trinajstić information content (AvgIpc) is 3.16. The largest absolute Gasteiger partial charge is 0.340 e. The average molecular weight is 454 g/mol. The Labute approximate surface area is 191 Å². The second-order valence-electron chi connectivity index (χ2n) is 7.70. The van der Waals surface area contributed by atoms with Crippen LogP contribution >= 0.6 is 0 Å². The number of anilines is 2. The summed E-state index contributed by atoms with van der Waals surface area (Å²) in [6.45, 7) is 0. The van der Waals surface area contributed by atoms with Gasteiger partial charge >= 0.3 is 0 Å². The lowest BCUT2D eigenvalue weighted by atomic mass is 10.1. The number of hydrogen-bond acceptors (Lipinski definition) is 6. The third-order valence-electron chi connectivity index (χ3n) is 5.15. The third-order valence-corrected chi connectivity index (χ3v) is 6.28. The number of sulfone groups is 1. The molecule has 0 unspecified atom stereocenters. The van der Waals surface area contributed by atoms with Crippen molar-refractivity contribution in [1.29, 1.82) is 0 Å². The fourth-order valence-electron chi connectivity index (χ4n) is 3.52. The quantitative estimate of drug-likeness (QED) is 0.414. The molecule has 2 aromatic carbocycles. The highest BCUT2D eigenvalue weighted by Crippen LogP contribution is 2.23. The molecule has 5 rings (SSSR count). The van der Waals surface area contributed by atoms with Gasteiger partial charge in [0.1, 0.15) is 11.5 Å². The van der Waals surface area contributed by atoms with E-state index in [1.807, 2.05) is 43.6 Å². The Hall–Kier alpha value is -4.22. The van der Waals surface area contributed by atoms with Crippen molar-refractivity contribution in [3.63, 3.8) is 0 Å². The van der Waals surface area contributed by atoms with Gasteiger partial charge in [-0.3, -0.25) is 4.68 Å². The Morgan fingerprint density at radius 2 is 1.76 bits per heavy atom. The molecule has 0 saturated heterocycles. The second-order valence-corrected chi connectivity index (χ2v) is 9.71. The topological polar surface area (TPSA) is 89.8 Å². The Kier molecular flexibility index (Phi) is 5.04. The lowest BCUT2D eigenvalue weighted by molar-refractivity contribution is 0.602. The van der Waals surface area contributed by atoms with Crippen LogP contribution in [0, 0.1) is 11.8 Å². The number of fused-ring (bicyclic) bond motifs is 2. The molecule has 8 heteroatoms. The van der Waals surface area contributed by atoms with Crippen LogP contribution < -0.4 is 5.32 Å². The molecule has 7 nitrogen and oxygen atoms in total. The summed E-state index contributed by atoms with van der Waals surface area (Å²) in [5, 5.41) is 10.5. The van der Waals surface area contributed by atoms with Crippen molar-refractivity contribution in [2.24, 2.45) is 7.05 Å². The molecule has 0 aliphatic carbocycles. The van der Waals surface area contributed by atoms with Gasteiger partial charge in [0.2, 0.25) is 0 Å². The van der Waals surface area contributed by atoms with Gasteiger partial charge in [-0.2, -0.15) is 5.10 Å². The van der Waals surface area contributed by atoms with Crippen LogP contribution in [0.1, 0.15) is 11.3 Å². The van der Waals surface area contributed by atoms with Crippen LogP contribution in [0.15, 0.2) is 78.1 Å². The summed E-state index contributed by atoms with van der Waals surface area (Å²) < 4.78 is 25.1. The minimum absolute atomic E-state index is 0.269. The predicted molar refractivity (Wildman–Crippen MR) is 129 cm³/mol. The maximum atomic E-state index is 11.7. The Balaban J connectivity index is 1.46. The summed E-state index contributed by atoms with van der Waals surface area (Å²) in [5.74, 6) is 6.97. The van der Waals surface area contributed by atoms with Gasteiger partial charge in [0, 0.05) is 59.3 Å². The second kappa shape index (κ2) is 8.04. The molecule has 5 aromatic rings. The van der Waals surface area contributed by atoms with Crippen molar-refractivity contribution in [1.82, 2.24) is 19.7 Å². The fraction of sp³-hybridized carbons (Fsp3) is 0.0800. The van der Waals surface area contributed by atoms with E-state index in [4.69, 9.17) is 0 Å². The summed E-state index contributed by atoms with van der Waals surface area (Å²) in [6, 6.07) is 16.3. The molecule has 3 heterocycles. The van der Waals surface area contributed by atoms with E-state index in [0.29, 0.717) is 11.5 Å². The normalized spacial score (nSPS) is 11.3. The third kappa shape index (κ3) is 4.40. The standard InChI is InChI=1S/C25H19N5O2S/c1-30-16-19-5-3-17(13-24(19)29-30)4-10-23-22-14-25(27-15-18(22)11-12-26-23)28-20-6-8-21(9-7-20)33(2,31)32/h3,5-9,11-16H,1-2H3,(H,27,28). The summed E-state index contributed by atoms with van der Waals surface area (Å²) in [5.41, 5.74) is 3.13. The van der Waals surface area contributed by atoms with E-state index >= 15 is 0 Å². The zero-order chi connectivity index (χ0) is 23.0. The molecule has 0 fully saturated rings. The number of nitrogens with one attached hydrogen (secondary N) is 1. The first kappa shape index (κ1) is 20.7. The molecule has 0 spiro atoms. The molecule has 3 aromatic heterocycles. The number of benzene rings is 2. The summed E-state index contributed by atoms with van der Waals surface area (Å²) in [7, 11) is -1.35. The van der Waals surface area contributed by atoms with E-state index in [1.54, 1.807) is 41.3 Å². The summed E-state index contributed by atoms with van der Waals surface area (Å²) in [6.07, 6.45) is 6.63. The van der Waals surface area contributed by atoms with Gasteiger partial charge in [0.05, 0.1) is 10.4 Å². The first-order chi connectivity index (χ1) is 15.8. The molecule has 0 radical (unpaired) electrons. The predicted octanol–water partition coefficient (Wildman–Crippen LogP) is 4.06. The number of hydrogen-bond donors (Lipinski definition) is 1. The highest BCUT2D eigenvalue weighted by molar-refractivity contribution is 7.90. The molecule has 0 saturated carbocycles. The van der Waals surface area contributed by atoms with Crippen LogP contribution in [-0.2, 0) is 16.9 Å². The molecule has 0 bridgehead atoms. The maximum Gasteiger partial charge on any atom is 0.175 e. The van der Waals surface area contributed by atoms with Gasteiger partial charge < -0.3 is 5.32 Å². The molecule has 33 heavy (non-hydrogen) atoms. The molecule has 1 N–H and O–H groups in total. The van der Waals surface area contributed by atoms with Gasteiger partial charge in [-0.15, -0.1) is 0 Å². The van der Waals surface area contributed by atoms with Crippen molar-refractivity contribution >= 4 is 43.0 Å². The van der Waals surface area contributed by atoms with E-state index in [-0.39, 0.29) is 4.90 Å². The molecule has 0 amide bonds. The van der Waals surface area contributed by atoms with Crippen molar-refractivity contribution < 1.29 is 8.42 Å². The zero-order valence-corrected chi connectivity index (χ0v) is 18.8. The summed E-state index contributed by atoms with van der Waals surface area (Å²) >= 11 is 0. The van der Waals surface area contributed by atoms with Crippen LogP contribution in [0.4, 0.5) is 11.5 Å². The van der Waals surface area contributed by atoms with Crippen molar-refractivity contribution in [3.8, 4) is 11.8 Å². The van der Waals surface area contributed by atoms with Gasteiger partial charge in [-0.05, 0) is 60.5 Å². The van der Waals surface area contributed by atoms with E-state index in [1.165, 1.54) is 6.26 Å². The van der Waals surface area contributed by atoms with E-state index in [2.05, 4.69) is 32.2 Å². The highest BCUT2D eigenvalue weighted by Gasteiger charge is 2.08. The number of aryl methyl sites for hydroxylation is 1. The fourth-order valence-corrected chi connectivity index (χ4v) is 4.15. The van der Waals surface area contributed by atoms with Crippen molar-refractivity contribution in [2.75, 3.05) is 11.6 Å². The van der Waals surface area contributed by atoms with E-state index in [0.717, 1.165) is 32.9 Å². The van der Waals surface area contributed by atoms with Crippen LogP contribution in [0.25, 0.3) is 21.7 Å². The minimum atomic E-state index is -3.24. The maximum absolute atomic E-state index is 11.7. The van der Waals surface area contributed by atoms with Crippen LogP contribution in [0.5, 0.6) is 0 Å². The Bertz CT molecular complexity index is 1680. The lowest BCUT2D eigenvalue weighted by Crippen LogP contribution is -1.98. The number of pyridine rings is 2. The zero-order valence-electron chi connectivity index (χ0n) is 17.9. The SMILES string of the molecule is Cn1cc2ccc(C#Cc3nccc4cnc(Nc5ccc(S(C)(=O)=O)cc5)cc34)cc2n1. The summed E-state index contributed by atoms with van der Waals surface area (Å²) in [4.78, 5) is 9.18. The van der Waals surface area contributed by atoms with Crippen molar-refractivity contribution in [3.05, 3.63) is 84.4 Å². The Morgan fingerprint density at radius 1 is 0.939 bits per heavy atom. The van der Waals surface area contributed by atoms with Gasteiger partial charge in [-0.1, -0.05) is 5.92 Å². The van der Waals surface area contributed by atoms with Crippen LogP contribution in [-0.4, -0.2) is 34.4 Å². The first-order valence-electron chi connectivity index (χ1n) is 10.1. The van der Waals surface area contributed by atoms with Crippen LogP contribution in [0.3, 0.4) is 0 Å². The van der Waals surface area contributed by atoms with E-state index in [9.17, 15) is 8.42 Å². The molecular weight excluding hydrogens is 434 g/mol. The van der Waals surface area contributed by atoms with Gasteiger partial charge in [0.15, 0.2) is 9.84 Å². The minimum Gasteiger partial charge on any atom is -0.340 e. The molecule has 0 aliphatic rings. The number of aromatic nitrogens is 4. The van der Waals surface area contributed by atoms with Crippen LogP contribution in [0.2, 0.25) is 0 Å². The molecule has 0 aliphatic heterocycles. The molecule has 0 atom stereocenters. The number of rotatable bonds is 3. The van der Waals surface area contributed by atoms with Gasteiger partial charge in [0.25, 0.3) is 0 Å². The first-order valence-corrected chi connectivity index (χ1v) is 12.0. The number of nitrogens with zero attached hydrogens (tertiary/aromatic N) is 4. The highest BCUT2D eigenvalue weighted by atomic mass is 32.2. The van der Waals surface area contributed by atoms with Crippen molar-refractivity contribution in [2.45, 2.75) is 4.90 Å². The smallest absolute Gasteiger partial charge is 0.175 e. The monoisotopic (exact) mass is 453 g/mol.